The van der Waals surface area contributed by atoms with E-state index in [0.29, 0.717) is 11.5 Å². The Hall–Kier alpha value is -2.56. The number of nitrogens with two attached hydrogens (primary N) is 2. The van der Waals surface area contributed by atoms with Gasteiger partial charge in [-0.3, -0.25) is 4.79 Å². The molecule has 0 fully saturated rings. The van der Waals surface area contributed by atoms with Gasteiger partial charge in [0.15, 0.2) is 5.82 Å². The highest BCUT2D eigenvalue weighted by atomic mass is 16.1. The molecule has 20 heavy (non-hydrogen) atoms. The maximum absolute atomic E-state index is 11.2. The Balaban J connectivity index is 2.34. The molecule has 1 amide bonds. The number of benzene rings is 1. The van der Waals surface area contributed by atoms with Crippen molar-refractivity contribution in [2.24, 2.45) is 5.73 Å². The van der Waals surface area contributed by atoms with Crippen LogP contribution in [0.3, 0.4) is 0 Å². The first kappa shape index (κ1) is 13.9. The average molecular weight is 270 g/mol. The van der Waals surface area contributed by atoms with E-state index in [0.717, 1.165) is 18.5 Å². The van der Waals surface area contributed by atoms with Crippen molar-refractivity contribution < 1.29 is 4.79 Å². The van der Waals surface area contributed by atoms with Crippen LogP contribution in [0.25, 0.3) is 0 Å². The topological polar surface area (TPSA) is 94.0 Å². The number of primary amides is 1. The summed E-state index contributed by atoms with van der Waals surface area (Å²) < 4.78 is 0. The molecule has 0 saturated carbocycles. The molecular weight excluding hydrogens is 252 g/mol. The number of hydrogen-bond acceptors (Lipinski definition) is 4. The van der Waals surface area contributed by atoms with E-state index in [4.69, 9.17) is 11.5 Å². The van der Waals surface area contributed by atoms with Crippen LogP contribution in [0.1, 0.15) is 29.4 Å². The summed E-state index contributed by atoms with van der Waals surface area (Å²) in [4.78, 5) is 15.3. The van der Waals surface area contributed by atoms with Crippen LogP contribution in [-0.2, 0) is 6.42 Å². The molecular formula is C15H18N4O. The first-order valence-electron chi connectivity index (χ1n) is 6.53. The second-order valence-electron chi connectivity index (χ2n) is 4.53. The average Bonchev–Trinajstić information content (AvgIpc) is 2.43. The van der Waals surface area contributed by atoms with Gasteiger partial charge in [-0.05, 0) is 30.2 Å². The molecule has 0 unspecified atom stereocenters. The number of amides is 1. The zero-order chi connectivity index (χ0) is 14.5. The maximum atomic E-state index is 11.2. The number of anilines is 3. The second-order valence-corrected chi connectivity index (χ2v) is 4.53. The van der Waals surface area contributed by atoms with Crippen LogP contribution in [-0.4, -0.2) is 10.9 Å². The van der Waals surface area contributed by atoms with Crippen LogP contribution in [0.15, 0.2) is 36.4 Å². The third-order valence-electron chi connectivity index (χ3n) is 2.97. The molecule has 0 spiro atoms. The number of aryl methyl sites for hydroxylation is 1. The number of para-hydroxylation sites is 1. The summed E-state index contributed by atoms with van der Waals surface area (Å²) in [6.45, 7) is 2.12. The molecule has 104 valence electrons. The standard InChI is InChI=1S/C15H18N4O/c1-2-5-10-6-3-4-7-12(10)18-15-11(16)8-9-13(19-15)14(17)20/h3-4,6-9H,2,5,16H2,1H3,(H2,17,20)(H,18,19). The van der Waals surface area contributed by atoms with Crippen LogP contribution in [0.5, 0.6) is 0 Å². The third-order valence-corrected chi connectivity index (χ3v) is 2.97. The Morgan fingerprint density at radius 3 is 2.70 bits per heavy atom. The smallest absolute Gasteiger partial charge is 0.267 e. The van der Waals surface area contributed by atoms with Gasteiger partial charge in [-0.2, -0.15) is 0 Å². The number of rotatable bonds is 5. The number of nitrogens with zero attached hydrogens (tertiary/aromatic N) is 1. The lowest BCUT2D eigenvalue weighted by atomic mass is 10.1. The highest BCUT2D eigenvalue weighted by molar-refractivity contribution is 5.92. The third kappa shape index (κ3) is 3.06. The van der Waals surface area contributed by atoms with E-state index in [1.807, 2.05) is 18.2 Å². The predicted molar refractivity (Wildman–Crippen MR) is 80.9 cm³/mol. The zero-order valence-corrected chi connectivity index (χ0v) is 11.4. The number of aromatic nitrogens is 1. The van der Waals surface area contributed by atoms with Crippen molar-refractivity contribution >= 4 is 23.1 Å². The summed E-state index contributed by atoms with van der Waals surface area (Å²) in [5, 5.41) is 3.18. The lowest BCUT2D eigenvalue weighted by Crippen LogP contribution is -2.14. The quantitative estimate of drug-likeness (QED) is 0.777. The van der Waals surface area contributed by atoms with E-state index < -0.39 is 5.91 Å². The molecule has 0 aliphatic heterocycles. The van der Waals surface area contributed by atoms with E-state index in [-0.39, 0.29) is 5.69 Å². The summed E-state index contributed by atoms with van der Waals surface area (Å²) in [5.74, 6) is -0.125. The van der Waals surface area contributed by atoms with Gasteiger partial charge in [-0.15, -0.1) is 0 Å². The molecule has 5 heteroatoms. The first-order chi connectivity index (χ1) is 9.61. The highest BCUT2D eigenvalue weighted by Gasteiger charge is 2.09. The normalized spacial score (nSPS) is 10.2. The highest BCUT2D eigenvalue weighted by Crippen LogP contribution is 2.24. The Labute approximate surface area is 118 Å². The van der Waals surface area contributed by atoms with Crippen molar-refractivity contribution in [1.29, 1.82) is 0 Å². The lowest BCUT2D eigenvalue weighted by Gasteiger charge is -2.13. The summed E-state index contributed by atoms with van der Waals surface area (Å²) >= 11 is 0. The fraction of sp³-hybridized carbons (Fsp3) is 0.200. The lowest BCUT2D eigenvalue weighted by molar-refractivity contribution is 0.0996. The van der Waals surface area contributed by atoms with E-state index in [1.54, 1.807) is 6.07 Å². The Morgan fingerprint density at radius 1 is 1.25 bits per heavy atom. The van der Waals surface area contributed by atoms with Crippen molar-refractivity contribution in [3.8, 4) is 0 Å². The molecule has 2 rings (SSSR count). The van der Waals surface area contributed by atoms with Crippen molar-refractivity contribution in [2.75, 3.05) is 11.1 Å². The molecule has 0 radical (unpaired) electrons. The fourth-order valence-corrected chi connectivity index (χ4v) is 1.96. The molecule has 0 atom stereocenters. The minimum atomic E-state index is -0.574. The number of carbonyl (C=O) groups is 1. The molecule has 1 heterocycles. The Kier molecular flexibility index (Phi) is 4.20. The maximum Gasteiger partial charge on any atom is 0.267 e. The number of carbonyl (C=O) groups excluding carboxylic acids is 1. The van der Waals surface area contributed by atoms with Gasteiger partial charge in [0.2, 0.25) is 0 Å². The summed E-state index contributed by atoms with van der Waals surface area (Å²) in [6.07, 6.45) is 2.00. The molecule has 0 saturated heterocycles. The molecule has 0 aliphatic rings. The van der Waals surface area contributed by atoms with Gasteiger partial charge in [-0.25, -0.2) is 4.98 Å². The summed E-state index contributed by atoms with van der Waals surface area (Å²) in [5.41, 5.74) is 13.9. The predicted octanol–water partition coefficient (Wildman–Crippen LogP) is 2.46. The SMILES string of the molecule is CCCc1ccccc1Nc1nc(C(N)=O)ccc1N. The Bertz CT molecular complexity index is 625. The van der Waals surface area contributed by atoms with E-state index >= 15 is 0 Å². The van der Waals surface area contributed by atoms with Crippen LogP contribution in [0.4, 0.5) is 17.2 Å². The molecule has 0 aliphatic carbocycles. The Morgan fingerprint density at radius 2 is 2.00 bits per heavy atom. The van der Waals surface area contributed by atoms with Crippen LogP contribution < -0.4 is 16.8 Å². The monoisotopic (exact) mass is 270 g/mol. The van der Waals surface area contributed by atoms with Gasteiger partial charge < -0.3 is 16.8 Å². The largest absolute Gasteiger partial charge is 0.396 e. The summed E-state index contributed by atoms with van der Waals surface area (Å²) in [6, 6.07) is 11.1. The number of nitrogen functional groups attached to an aromatic ring is 1. The van der Waals surface area contributed by atoms with Crippen LogP contribution in [0.2, 0.25) is 0 Å². The van der Waals surface area contributed by atoms with Gasteiger partial charge in [-0.1, -0.05) is 31.5 Å². The number of hydrogen-bond donors (Lipinski definition) is 3. The van der Waals surface area contributed by atoms with Crippen molar-refractivity contribution in [3.05, 3.63) is 47.7 Å². The van der Waals surface area contributed by atoms with Gasteiger partial charge in [0, 0.05) is 5.69 Å². The summed E-state index contributed by atoms with van der Waals surface area (Å²) in [7, 11) is 0. The van der Waals surface area contributed by atoms with Gasteiger partial charge in [0.1, 0.15) is 5.69 Å². The van der Waals surface area contributed by atoms with E-state index in [1.165, 1.54) is 11.6 Å². The first-order valence-corrected chi connectivity index (χ1v) is 6.53. The van der Waals surface area contributed by atoms with Crippen molar-refractivity contribution in [1.82, 2.24) is 4.98 Å². The second kappa shape index (κ2) is 6.06. The molecule has 5 N–H and O–H groups in total. The minimum Gasteiger partial charge on any atom is -0.396 e. The van der Waals surface area contributed by atoms with Gasteiger partial charge >= 0.3 is 0 Å². The van der Waals surface area contributed by atoms with Gasteiger partial charge in [0.25, 0.3) is 5.91 Å². The molecule has 2 aromatic rings. The van der Waals surface area contributed by atoms with Gasteiger partial charge in [0.05, 0.1) is 5.69 Å². The van der Waals surface area contributed by atoms with Crippen molar-refractivity contribution in [3.63, 3.8) is 0 Å². The van der Waals surface area contributed by atoms with Crippen LogP contribution in [0, 0.1) is 0 Å². The van der Waals surface area contributed by atoms with Crippen LogP contribution >= 0.6 is 0 Å². The zero-order valence-electron chi connectivity index (χ0n) is 11.4. The number of nitrogens with one attached hydrogen (secondary N) is 1. The molecule has 5 nitrogen and oxygen atoms in total. The number of pyridine rings is 1. The van der Waals surface area contributed by atoms with E-state index in [2.05, 4.69) is 23.3 Å². The van der Waals surface area contributed by atoms with E-state index in [9.17, 15) is 4.79 Å². The molecule has 1 aromatic carbocycles. The molecule has 0 bridgehead atoms. The van der Waals surface area contributed by atoms with Crippen molar-refractivity contribution in [2.45, 2.75) is 19.8 Å². The fourth-order valence-electron chi connectivity index (χ4n) is 1.96. The minimum absolute atomic E-state index is 0.190. The molecule has 1 aromatic heterocycles.